The highest BCUT2D eigenvalue weighted by Gasteiger charge is 2.37. The SMILES string of the molecule is Cc1ccccc1NC(=O)C(c1cccc(C)c1O)N(CC#N)C(=O)C(CO)NC(=O)OC(C)(C)C. The lowest BCUT2D eigenvalue weighted by atomic mass is 9.99. The van der Waals surface area contributed by atoms with Crippen LogP contribution in [0.5, 0.6) is 5.75 Å². The summed E-state index contributed by atoms with van der Waals surface area (Å²) in [6.45, 7) is 6.95. The predicted molar refractivity (Wildman–Crippen MR) is 133 cm³/mol. The molecule has 2 aromatic rings. The van der Waals surface area contributed by atoms with Gasteiger partial charge < -0.3 is 30.5 Å². The molecule has 4 N–H and O–H groups in total. The number of carbonyl (C=O) groups excluding carboxylic acids is 3. The fourth-order valence-corrected chi connectivity index (χ4v) is 3.48. The number of aromatic hydroxyl groups is 1. The molecule has 3 amide bonds. The van der Waals surface area contributed by atoms with Crippen molar-refractivity contribution in [2.45, 2.75) is 52.3 Å². The van der Waals surface area contributed by atoms with Gasteiger partial charge in [-0.25, -0.2) is 4.79 Å². The Morgan fingerprint density at radius 3 is 2.31 bits per heavy atom. The molecule has 0 aromatic heterocycles. The number of carbonyl (C=O) groups is 3. The van der Waals surface area contributed by atoms with E-state index in [9.17, 15) is 29.9 Å². The third-order valence-electron chi connectivity index (χ3n) is 5.22. The molecule has 2 atom stereocenters. The van der Waals surface area contributed by atoms with Crippen molar-refractivity contribution in [1.82, 2.24) is 10.2 Å². The van der Waals surface area contributed by atoms with Gasteiger partial charge in [-0.3, -0.25) is 9.59 Å². The van der Waals surface area contributed by atoms with Crippen LogP contribution in [0.1, 0.15) is 43.5 Å². The molecule has 0 saturated carbocycles. The largest absolute Gasteiger partial charge is 0.507 e. The highest BCUT2D eigenvalue weighted by molar-refractivity contribution is 6.00. The zero-order valence-corrected chi connectivity index (χ0v) is 21.0. The number of alkyl carbamates (subject to hydrolysis) is 1. The summed E-state index contributed by atoms with van der Waals surface area (Å²) >= 11 is 0. The van der Waals surface area contributed by atoms with Crippen molar-refractivity contribution in [3.05, 3.63) is 59.2 Å². The van der Waals surface area contributed by atoms with Gasteiger partial charge in [0.1, 0.15) is 30.0 Å². The summed E-state index contributed by atoms with van der Waals surface area (Å²) in [6.07, 6.45) is -0.953. The quantitative estimate of drug-likeness (QED) is 0.410. The average molecular weight is 497 g/mol. The first kappa shape index (κ1) is 28.1. The second kappa shape index (κ2) is 12.0. The van der Waals surface area contributed by atoms with Crippen LogP contribution in [0, 0.1) is 25.2 Å². The molecule has 0 aliphatic heterocycles. The molecule has 10 nitrogen and oxygen atoms in total. The molecular weight excluding hydrogens is 464 g/mol. The standard InChI is InChI=1S/C26H32N4O6/c1-16-9-6-7-12-19(16)28-23(33)21(18-11-8-10-17(2)22(18)32)30(14-13-27)24(34)20(15-31)29-25(35)36-26(3,4)5/h6-12,20-21,31-32H,14-15H2,1-5H3,(H,28,33)(H,29,35). The molecule has 0 bridgehead atoms. The first-order valence-electron chi connectivity index (χ1n) is 11.3. The van der Waals surface area contributed by atoms with Crippen LogP contribution in [0.15, 0.2) is 42.5 Å². The van der Waals surface area contributed by atoms with Gasteiger partial charge in [0, 0.05) is 11.3 Å². The van der Waals surface area contributed by atoms with Gasteiger partial charge in [-0.1, -0.05) is 36.4 Å². The van der Waals surface area contributed by atoms with E-state index < -0.39 is 48.7 Å². The molecule has 2 rings (SSSR count). The van der Waals surface area contributed by atoms with Gasteiger partial charge in [0.2, 0.25) is 5.91 Å². The molecule has 0 spiro atoms. The van der Waals surface area contributed by atoms with Crippen molar-refractivity contribution in [3.63, 3.8) is 0 Å². The molecular formula is C26H32N4O6. The summed E-state index contributed by atoms with van der Waals surface area (Å²) < 4.78 is 5.16. The van der Waals surface area contributed by atoms with Crippen LogP contribution in [-0.4, -0.2) is 57.8 Å². The third-order valence-corrected chi connectivity index (χ3v) is 5.22. The van der Waals surface area contributed by atoms with Crippen LogP contribution in [-0.2, 0) is 14.3 Å². The first-order chi connectivity index (χ1) is 16.9. The van der Waals surface area contributed by atoms with Crippen molar-refractivity contribution in [2.75, 3.05) is 18.5 Å². The highest BCUT2D eigenvalue weighted by Crippen LogP contribution is 2.33. The number of aliphatic hydroxyl groups excluding tert-OH is 1. The Morgan fingerprint density at radius 1 is 1.08 bits per heavy atom. The van der Waals surface area contributed by atoms with Crippen LogP contribution in [0.25, 0.3) is 0 Å². The normalized spacial score (nSPS) is 12.6. The molecule has 36 heavy (non-hydrogen) atoms. The van der Waals surface area contributed by atoms with Gasteiger partial charge in [-0.2, -0.15) is 5.26 Å². The highest BCUT2D eigenvalue weighted by atomic mass is 16.6. The summed E-state index contributed by atoms with van der Waals surface area (Å²) in [5.41, 5.74) is 0.920. The van der Waals surface area contributed by atoms with Gasteiger partial charge in [0.15, 0.2) is 0 Å². The van der Waals surface area contributed by atoms with E-state index in [1.165, 1.54) is 6.07 Å². The summed E-state index contributed by atoms with van der Waals surface area (Å²) in [5, 5.41) is 35.2. The second-order valence-electron chi connectivity index (χ2n) is 9.23. The number of phenols is 1. The number of nitrogens with zero attached hydrogens (tertiary/aromatic N) is 2. The number of benzene rings is 2. The number of hydrogen-bond acceptors (Lipinski definition) is 7. The van der Waals surface area contributed by atoms with Crippen molar-refractivity contribution in [2.24, 2.45) is 0 Å². The maximum atomic E-state index is 13.6. The predicted octanol–water partition coefficient (Wildman–Crippen LogP) is 2.93. The molecule has 2 unspecified atom stereocenters. The number of amides is 3. The number of rotatable bonds is 8. The van der Waals surface area contributed by atoms with E-state index in [1.807, 2.05) is 6.07 Å². The Balaban J connectivity index is 2.52. The minimum atomic E-state index is -1.51. The summed E-state index contributed by atoms with van der Waals surface area (Å²) in [4.78, 5) is 40.2. The Morgan fingerprint density at radius 2 is 1.72 bits per heavy atom. The number of aliphatic hydroxyl groups is 1. The Labute approximate surface area is 210 Å². The van der Waals surface area contributed by atoms with E-state index in [2.05, 4.69) is 10.6 Å². The smallest absolute Gasteiger partial charge is 0.408 e. The molecule has 0 fully saturated rings. The molecule has 2 aromatic carbocycles. The van der Waals surface area contributed by atoms with Crippen molar-refractivity contribution < 1.29 is 29.3 Å². The first-order valence-corrected chi connectivity index (χ1v) is 11.3. The maximum Gasteiger partial charge on any atom is 0.408 e. The lowest BCUT2D eigenvalue weighted by molar-refractivity contribution is -0.140. The average Bonchev–Trinajstić information content (AvgIpc) is 2.79. The minimum Gasteiger partial charge on any atom is -0.507 e. The minimum absolute atomic E-state index is 0.0821. The van der Waals surface area contributed by atoms with Crippen LogP contribution < -0.4 is 10.6 Å². The Bertz CT molecular complexity index is 1150. The number of phenolic OH excluding ortho intramolecular Hbond substituents is 1. The summed E-state index contributed by atoms with van der Waals surface area (Å²) in [7, 11) is 0. The van der Waals surface area contributed by atoms with Crippen molar-refractivity contribution in [1.29, 1.82) is 5.26 Å². The fraction of sp³-hybridized carbons (Fsp3) is 0.385. The van der Waals surface area contributed by atoms with Gasteiger partial charge in [0.25, 0.3) is 5.91 Å². The fourth-order valence-electron chi connectivity index (χ4n) is 3.48. The van der Waals surface area contributed by atoms with Gasteiger partial charge in [0.05, 0.1) is 12.7 Å². The number of aryl methyl sites for hydroxylation is 2. The number of nitriles is 1. The zero-order chi connectivity index (χ0) is 27.0. The van der Waals surface area contributed by atoms with Crippen molar-refractivity contribution >= 4 is 23.6 Å². The summed E-state index contributed by atoms with van der Waals surface area (Å²) in [5.74, 6) is -1.82. The van der Waals surface area contributed by atoms with E-state index in [0.717, 1.165) is 10.5 Å². The number of anilines is 1. The zero-order valence-electron chi connectivity index (χ0n) is 21.0. The number of para-hydroxylation sites is 2. The molecule has 0 saturated heterocycles. The van der Waals surface area contributed by atoms with E-state index in [1.54, 1.807) is 71.0 Å². The Kier molecular flexibility index (Phi) is 9.41. The molecule has 0 aliphatic carbocycles. The number of ether oxygens (including phenoxy) is 1. The Hall–Kier alpha value is -4.10. The topological polar surface area (TPSA) is 152 Å². The van der Waals surface area contributed by atoms with Crippen LogP contribution >= 0.6 is 0 Å². The van der Waals surface area contributed by atoms with Gasteiger partial charge in [-0.15, -0.1) is 0 Å². The number of nitrogens with one attached hydrogen (secondary N) is 2. The molecule has 0 radical (unpaired) electrons. The van der Waals surface area contributed by atoms with E-state index >= 15 is 0 Å². The van der Waals surface area contributed by atoms with E-state index in [-0.39, 0.29) is 11.3 Å². The van der Waals surface area contributed by atoms with E-state index in [4.69, 9.17) is 4.74 Å². The van der Waals surface area contributed by atoms with Gasteiger partial charge in [-0.05, 0) is 51.8 Å². The third kappa shape index (κ3) is 7.20. The summed E-state index contributed by atoms with van der Waals surface area (Å²) in [6, 6.07) is 10.6. The monoisotopic (exact) mass is 496 g/mol. The van der Waals surface area contributed by atoms with E-state index in [0.29, 0.717) is 11.3 Å². The van der Waals surface area contributed by atoms with Crippen molar-refractivity contribution in [3.8, 4) is 11.8 Å². The number of hydrogen-bond donors (Lipinski definition) is 4. The van der Waals surface area contributed by atoms with Crippen LogP contribution in [0.2, 0.25) is 0 Å². The molecule has 10 heteroatoms. The van der Waals surface area contributed by atoms with Crippen LogP contribution in [0.4, 0.5) is 10.5 Å². The van der Waals surface area contributed by atoms with Crippen LogP contribution in [0.3, 0.4) is 0 Å². The van der Waals surface area contributed by atoms with Gasteiger partial charge >= 0.3 is 6.09 Å². The second-order valence-corrected chi connectivity index (χ2v) is 9.23. The molecule has 192 valence electrons. The molecule has 0 heterocycles. The lowest BCUT2D eigenvalue weighted by Crippen LogP contribution is -2.54. The lowest BCUT2D eigenvalue weighted by Gasteiger charge is -2.33. The molecule has 0 aliphatic rings. The maximum absolute atomic E-state index is 13.6.